The lowest BCUT2D eigenvalue weighted by Gasteiger charge is -2.31. The number of rotatable bonds is 2. The Morgan fingerprint density at radius 2 is 1.71 bits per heavy atom. The molecule has 2 nitrogen and oxygen atoms in total. The number of nitrogen functional groups attached to an aromatic ring is 1. The van der Waals surface area contributed by atoms with Crippen molar-refractivity contribution < 1.29 is 17.4 Å². The van der Waals surface area contributed by atoms with E-state index < -0.39 is 22.5 Å². The van der Waals surface area contributed by atoms with Gasteiger partial charge in [-0.3, -0.25) is 4.21 Å². The summed E-state index contributed by atoms with van der Waals surface area (Å²) in [5.41, 5.74) is 4.87. The van der Waals surface area contributed by atoms with Crippen LogP contribution < -0.4 is 5.73 Å². The van der Waals surface area contributed by atoms with Crippen LogP contribution in [0.5, 0.6) is 0 Å². The summed E-state index contributed by atoms with van der Waals surface area (Å²) in [4.78, 5) is 0.328. The van der Waals surface area contributed by atoms with Crippen molar-refractivity contribution in [2.24, 2.45) is 11.8 Å². The molecule has 0 saturated heterocycles. The summed E-state index contributed by atoms with van der Waals surface area (Å²) in [6.07, 6.45) is -1.66. The topological polar surface area (TPSA) is 43.1 Å². The third-order valence-corrected chi connectivity index (χ3v) is 5.79. The van der Waals surface area contributed by atoms with Crippen LogP contribution in [0.4, 0.5) is 18.9 Å². The summed E-state index contributed by atoms with van der Waals surface area (Å²) in [6.45, 7) is 4.24. The van der Waals surface area contributed by atoms with E-state index in [1.54, 1.807) is 0 Å². The minimum absolute atomic E-state index is 0.0252. The Hall–Kier alpha value is -1.04. The van der Waals surface area contributed by atoms with Crippen molar-refractivity contribution in [1.82, 2.24) is 0 Å². The van der Waals surface area contributed by atoms with Gasteiger partial charge in [-0.05, 0) is 49.3 Å². The number of benzene rings is 1. The van der Waals surface area contributed by atoms with Gasteiger partial charge in [-0.1, -0.05) is 13.8 Å². The van der Waals surface area contributed by atoms with Crippen LogP contribution in [0.3, 0.4) is 0 Å². The van der Waals surface area contributed by atoms with Crippen LogP contribution in [0, 0.1) is 11.8 Å². The molecule has 6 heteroatoms. The summed E-state index contributed by atoms with van der Waals surface area (Å²) in [7, 11) is -1.35. The van der Waals surface area contributed by atoms with Crippen molar-refractivity contribution >= 4 is 16.5 Å². The summed E-state index contributed by atoms with van der Waals surface area (Å²) >= 11 is 0. The first-order chi connectivity index (χ1) is 9.68. The molecule has 2 rings (SSSR count). The average molecular weight is 319 g/mol. The molecule has 1 fully saturated rings. The van der Waals surface area contributed by atoms with E-state index in [1.807, 2.05) is 0 Å². The SMILES string of the molecule is CC1CC(C)CC(S(=O)c2ccc(C(F)(F)F)cc2N)C1. The Balaban J connectivity index is 2.23. The maximum absolute atomic E-state index is 12.6. The molecule has 3 atom stereocenters. The summed E-state index contributed by atoms with van der Waals surface area (Å²) in [5.74, 6) is 0.969. The summed E-state index contributed by atoms with van der Waals surface area (Å²) in [6, 6.07) is 3.10. The van der Waals surface area contributed by atoms with Gasteiger partial charge < -0.3 is 5.73 Å². The van der Waals surface area contributed by atoms with Crippen LogP contribution in [-0.4, -0.2) is 9.46 Å². The van der Waals surface area contributed by atoms with Crippen LogP contribution in [0.25, 0.3) is 0 Å². The predicted octanol–water partition coefficient (Wildman–Crippen LogP) is 4.22. The van der Waals surface area contributed by atoms with Gasteiger partial charge in [0, 0.05) is 10.9 Å². The maximum atomic E-state index is 12.6. The molecule has 0 bridgehead atoms. The first kappa shape index (κ1) is 16.3. The monoisotopic (exact) mass is 319 g/mol. The zero-order valence-corrected chi connectivity index (χ0v) is 12.9. The first-order valence-electron chi connectivity index (χ1n) is 7.05. The smallest absolute Gasteiger partial charge is 0.398 e. The van der Waals surface area contributed by atoms with Gasteiger partial charge in [-0.15, -0.1) is 0 Å². The van der Waals surface area contributed by atoms with E-state index in [9.17, 15) is 17.4 Å². The molecule has 0 heterocycles. The molecule has 0 amide bonds. The van der Waals surface area contributed by atoms with Crippen molar-refractivity contribution in [3.8, 4) is 0 Å². The van der Waals surface area contributed by atoms with Gasteiger partial charge in [-0.25, -0.2) is 0 Å². The van der Waals surface area contributed by atoms with Crippen LogP contribution >= 0.6 is 0 Å². The van der Waals surface area contributed by atoms with E-state index in [4.69, 9.17) is 5.73 Å². The van der Waals surface area contributed by atoms with E-state index >= 15 is 0 Å². The second-order valence-corrected chi connectivity index (χ2v) is 7.79. The number of hydrogen-bond donors (Lipinski definition) is 1. The van der Waals surface area contributed by atoms with E-state index in [2.05, 4.69) is 13.8 Å². The molecule has 0 spiro atoms. The minimum Gasteiger partial charge on any atom is -0.398 e. The number of halogens is 3. The van der Waals surface area contributed by atoms with Crippen LogP contribution in [0.1, 0.15) is 38.7 Å². The molecule has 1 aromatic carbocycles. The van der Waals surface area contributed by atoms with Crippen LogP contribution in [0.15, 0.2) is 23.1 Å². The van der Waals surface area contributed by atoms with Gasteiger partial charge >= 0.3 is 6.18 Å². The molecule has 0 aromatic heterocycles. The van der Waals surface area contributed by atoms with E-state index in [1.165, 1.54) is 6.07 Å². The fraction of sp³-hybridized carbons (Fsp3) is 0.600. The van der Waals surface area contributed by atoms with Gasteiger partial charge in [0.05, 0.1) is 21.3 Å². The molecule has 2 N–H and O–H groups in total. The molecule has 1 aliphatic rings. The standard InChI is InChI=1S/C15H20F3NOS/c1-9-5-10(2)7-12(6-9)21(20)14-4-3-11(8-13(14)19)15(16,17)18/h3-4,8-10,12H,5-7,19H2,1-2H3. The largest absolute Gasteiger partial charge is 0.416 e. The van der Waals surface area contributed by atoms with Crippen molar-refractivity contribution in [2.75, 3.05) is 5.73 Å². The molecule has 1 aromatic rings. The number of alkyl halides is 3. The summed E-state index contributed by atoms with van der Waals surface area (Å²) < 4.78 is 50.5. The fourth-order valence-electron chi connectivity index (χ4n) is 3.14. The molecular formula is C15H20F3NOS. The van der Waals surface area contributed by atoms with Crippen molar-refractivity contribution in [3.05, 3.63) is 23.8 Å². The van der Waals surface area contributed by atoms with E-state index in [0.717, 1.165) is 31.4 Å². The van der Waals surface area contributed by atoms with Crippen molar-refractivity contribution in [2.45, 2.75) is 49.4 Å². The third-order valence-electron chi connectivity index (χ3n) is 3.99. The highest BCUT2D eigenvalue weighted by Crippen LogP contribution is 2.36. The van der Waals surface area contributed by atoms with Crippen LogP contribution in [0.2, 0.25) is 0 Å². The number of anilines is 1. The Bertz CT molecular complexity index is 534. The Morgan fingerprint density at radius 3 is 2.19 bits per heavy atom. The number of nitrogens with two attached hydrogens (primary N) is 1. The summed E-state index contributed by atoms with van der Waals surface area (Å²) in [5, 5.41) is -0.0252. The molecule has 118 valence electrons. The lowest BCUT2D eigenvalue weighted by atomic mass is 9.83. The molecular weight excluding hydrogens is 299 g/mol. The van der Waals surface area contributed by atoms with E-state index in [0.29, 0.717) is 16.7 Å². The van der Waals surface area contributed by atoms with Gasteiger partial charge in [0.15, 0.2) is 0 Å². The Morgan fingerprint density at radius 1 is 1.14 bits per heavy atom. The molecule has 1 aliphatic carbocycles. The van der Waals surface area contributed by atoms with Crippen LogP contribution in [-0.2, 0) is 17.0 Å². The molecule has 21 heavy (non-hydrogen) atoms. The zero-order chi connectivity index (χ0) is 15.8. The van der Waals surface area contributed by atoms with E-state index in [-0.39, 0.29) is 10.9 Å². The quantitative estimate of drug-likeness (QED) is 0.829. The lowest BCUT2D eigenvalue weighted by Crippen LogP contribution is -2.28. The maximum Gasteiger partial charge on any atom is 0.416 e. The first-order valence-corrected chi connectivity index (χ1v) is 8.27. The lowest BCUT2D eigenvalue weighted by molar-refractivity contribution is -0.137. The van der Waals surface area contributed by atoms with Gasteiger partial charge in [-0.2, -0.15) is 13.2 Å². The minimum atomic E-state index is -4.43. The molecule has 3 unspecified atom stereocenters. The highest BCUT2D eigenvalue weighted by atomic mass is 32.2. The fourth-order valence-corrected chi connectivity index (χ4v) is 4.99. The predicted molar refractivity (Wildman–Crippen MR) is 78.2 cm³/mol. The Labute approximate surface area is 125 Å². The normalized spacial score (nSPS) is 28.3. The zero-order valence-electron chi connectivity index (χ0n) is 12.1. The van der Waals surface area contributed by atoms with Gasteiger partial charge in [0.1, 0.15) is 0 Å². The molecule has 0 aliphatic heterocycles. The molecule has 0 radical (unpaired) electrons. The second kappa shape index (κ2) is 5.99. The van der Waals surface area contributed by atoms with Gasteiger partial charge in [0.25, 0.3) is 0 Å². The third kappa shape index (κ3) is 3.78. The van der Waals surface area contributed by atoms with Gasteiger partial charge in [0.2, 0.25) is 0 Å². The Kier molecular flexibility index (Phi) is 4.66. The average Bonchev–Trinajstić information content (AvgIpc) is 2.35. The number of hydrogen-bond acceptors (Lipinski definition) is 2. The van der Waals surface area contributed by atoms with Crippen molar-refractivity contribution in [1.29, 1.82) is 0 Å². The second-order valence-electron chi connectivity index (χ2n) is 6.09. The highest BCUT2D eigenvalue weighted by Gasteiger charge is 2.33. The molecule has 1 saturated carbocycles. The highest BCUT2D eigenvalue weighted by molar-refractivity contribution is 7.85. The van der Waals surface area contributed by atoms with Crippen molar-refractivity contribution in [3.63, 3.8) is 0 Å².